The molecular formula is C13H14N2O2. The quantitative estimate of drug-likeness (QED) is 0.569. The number of carbonyl (C=O) groups excluding carboxylic acids is 2. The summed E-state index contributed by atoms with van der Waals surface area (Å²) in [5.74, 6) is -0.492. The van der Waals surface area contributed by atoms with E-state index in [9.17, 15) is 9.59 Å². The molecule has 0 aliphatic heterocycles. The van der Waals surface area contributed by atoms with Gasteiger partial charge in [0.05, 0.1) is 12.5 Å². The number of rotatable bonds is 5. The first-order valence-electron chi connectivity index (χ1n) is 5.31. The fourth-order valence-electron chi connectivity index (χ4n) is 1.45. The van der Waals surface area contributed by atoms with Gasteiger partial charge < -0.3 is 4.90 Å². The molecule has 0 saturated carbocycles. The molecule has 0 heterocycles. The van der Waals surface area contributed by atoms with Crippen molar-refractivity contribution in [3.63, 3.8) is 0 Å². The lowest BCUT2D eigenvalue weighted by Gasteiger charge is -2.19. The van der Waals surface area contributed by atoms with Crippen LogP contribution in [0.2, 0.25) is 0 Å². The van der Waals surface area contributed by atoms with Crippen molar-refractivity contribution >= 4 is 11.7 Å². The summed E-state index contributed by atoms with van der Waals surface area (Å²) in [7, 11) is 0. The van der Waals surface area contributed by atoms with Crippen LogP contribution < -0.4 is 0 Å². The van der Waals surface area contributed by atoms with Gasteiger partial charge in [0.25, 0.3) is 0 Å². The molecule has 1 aromatic carbocycles. The predicted molar refractivity (Wildman–Crippen MR) is 62.8 cm³/mol. The smallest absolute Gasteiger partial charge is 0.231 e. The Morgan fingerprint density at radius 3 is 2.47 bits per heavy atom. The number of hydrogen-bond acceptors (Lipinski definition) is 3. The number of Topliss-reactive ketones (excluding diaryl/α,β-unsaturated/α-hetero) is 1. The highest BCUT2D eigenvalue weighted by molar-refractivity contribution is 5.96. The van der Waals surface area contributed by atoms with Crippen LogP contribution >= 0.6 is 0 Å². The lowest BCUT2D eigenvalue weighted by atomic mass is 10.2. The molecule has 4 nitrogen and oxygen atoms in total. The largest absolute Gasteiger partial charge is 0.325 e. The number of nitrogens with zero attached hydrogens (tertiary/aromatic N) is 2. The van der Waals surface area contributed by atoms with Crippen molar-refractivity contribution in [3.8, 4) is 6.07 Å². The van der Waals surface area contributed by atoms with Crippen LogP contribution in [0.4, 0.5) is 0 Å². The molecule has 0 unspecified atom stereocenters. The Kier molecular flexibility index (Phi) is 4.89. The van der Waals surface area contributed by atoms with Crippen LogP contribution in [0, 0.1) is 11.3 Å². The van der Waals surface area contributed by atoms with Crippen molar-refractivity contribution in [1.82, 2.24) is 4.90 Å². The Hall–Kier alpha value is -2.15. The van der Waals surface area contributed by atoms with E-state index in [-0.39, 0.29) is 24.7 Å². The Bertz CT molecular complexity index is 434. The molecule has 0 atom stereocenters. The SMILES string of the molecule is CC(=O)CC(=O)N(CC#N)Cc1ccccc1. The molecule has 1 rings (SSSR count). The molecule has 0 N–H and O–H groups in total. The van der Waals surface area contributed by atoms with Crippen molar-refractivity contribution in [3.05, 3.63) is 35.9 Å². The highest BCUT2D eigenvalue weighted by Crippen LogP contribution is 2.05. The summed E-state index contributed by atoms with van der Waals surface area (Å²) in [5, 5.41) is 8.67. The van der Waals surface area contributed by atoms with E-state index < -0.39 is 0 Å². The molecule has 0 spiro atoms. The van der Waals surface area contributed by atoms with Gasteiger partial charge in [0, 0.05) is 6.54 Å². The number of ketones is 1. The van der Waals surface area contributed by atoms with Gasteiger partial charge in [0.1, 0.15) is 12.3 Å². The van der Waals surface area contributed by atoms with Crippen LogP contribution in [-0.4, -0.2) is 23.1 Å². The molecule has 0 aromatic heterocycles. The summed E-state index contributed by atoms with van der Waals surface area (Å²) in [4.78, 5) is 24.0. The van der Waals surface area contributed by atoms with E-state index in [1.54, 1.807) is 0 Å². The highest BCUT2D eigenvalue weighted by Gasteiger charge is 2.15. The number of hydrogen-bond donors (Lipinski definition) is 0. The Labute approximate surface area is 100 Å². The molecule has 0 saturated heterocycles. The summed E-state index contributed by atoms with van der Waals surface area (Å²) >= 11 is 0. The minimum absolute atomic E-state index is 0.001000. The molecule has 0 aliphatic carbocycles. The number of amides is 1. The summed E-state index contributed by atoms with van der Waals surface area (Å²) in [6.07, 6.45) is -0.144. The second-order valence-corrected chi connectivity index (χ2v) is 3.77. The first-order chi connectivity index (χ1) is 8.13. The molecule has 0 radical (unpaired) electrons. The Balaban J connectivity index is 2.70. The monoisotopic (exact) mass is 230 g/mol. The lowest BCUT2D eigenvalue weighted by molar-refractivity contribution is -0.134. The summed E-state index contributed by atoms with van der Waals surface area (Å²) < 4.78 is 0. The molecule has 17 heavy (non-hydrogen) atoms. The van der Waals surface area contributed by atoms with E-state index in [0.717, 1.165) is 5.56 Å². The standard InChI is InChI=1S/C13H14N2O2/c1-11(16)9-13(17)15(8-7-14)10-12-5-3-2-4-6-12/h2-6H,8-10H2,1H3. The number of benzene rings is 1. The predicted octanol–water partition coefficient (Wildman–Crippen LogP) is 1.52. The zero-order valence-corrected chi connectivity index (χ0v) is 9.72. The van der Waals surface area contributed by atoms with E-state index in [1.807, 2.05) is 36.4 Å². The maximum Gasteiger partial charge on any atom is 0.231 e. The maximum absolute atomic E-state index is 11.7. The summed E-state index contributed by atoms with van der Waals surface area (Å²) in [5.41, 5.74) is 0.944. The third-order valence-corrected chi connectivity index (χ3v) is 2.23. The van der Waals surface area contributed by atoms with Gasteiger partial charge in [-0.3, -0.25) is 9.59 Å². The lowest BCUT2D eigenvalue weighted by Crippen LogP contribution is -2.32. The summed E-state index contributed by atoms with van der Waals surface area (Å²) in [6, 6.07) is 11.3. The van der Waals surface area contributed by atoms with Crippen LogP contribution in [-0.2, 0) is 16.1 Å². The molecule has 4 heteroatoms. The second-order valence-electron chi connectivity index (χ2n) is 3.77. The zero-order chi connectivity index (χ0) is 12.7. The third kappa shape index (κ3) is 4.47. The topological polar surface area (TPSA) is 61.2 Å². The molecule has 1 amide bonds. The summed E-state index contributed by atoms with van der Waals surface area (Å²) in [6.45, 7) is 1.73. The molecular weight excluding hydrogens is 216 g/mol. The first-order valence-corrected chi connectivity index (χ1v) is 5.31. The van der Waals surface area contributed by atoms with Crippen LogP contribution in [0.5, 0.6) is 0 Å². The van der Waals surface area contributed by atoms with Gasteiger partial charge in [-0.1, -0.05) is 30.3 Å². The van der Waals surface area contributed by atoms with Gasteiger partial charge in [0.15, 0.2) is 0 Å². The molecule has 0 aliphatic rings. The van der Waals surface area contributed by atoms with Gasteiger partial charge in [0.2, 0.25) is 5.91 Å². The Morgan fingerprint density at radius 2 is 1.94 bits per heavy atom. The van der Waals surface area contributed by atoms with Crippen molar-refractivity contribution in [1.29, 1.82) is 5.26 Å². The number of nitriles is 1. The second kappa shape index (κ2) is 6.44. The molecule has 1 aromatic rings. The Morgan fingerprint density at radius 1 is 1.29 bits per heavy atom. The molecule has 0 fully saturated rings. The molecule has 0 bridgehead atoms. The minimum atomic E-state index is -0.303. The van der Waals surface area contributed by atoms with E-state index in [2.05, 4.69) is 0 Å². The normalized spacial score (nSPS) is 9.41. The van der Waals surface area contributed by atoms with Crippen LogP contribution in [0.1, 0.15) is 18.9 Å². The van der Waals surface area contributed by atoms with E-state index in [4.69, 9.17) is 5.26 Å². The third-order valence-electron chi connectivity index (χ3n) is 2.23. The van der Waals surface area contributed by atoms with Gasteiger partial charge >= 0.3 is 0 Å². The maximum atomic E-state index is 11.7. The average Bonchev–Trinajstić information content (AvgIpc) is 2.29. The van der Waals surface area contributed by atoms with Gasteiger partial charge in [-0.05, 0) is 12.5 Å². The number of carbonyl (C=O) groups is 2. The van der Waals surface area contributed by atoms with E-state index in [1.165, 1.54) is 11.8 Å². The van der Waals surface area contributed by atoms with Gasteiger partial charge in [-0.2, -0.15) is 5.26 Å². The highest BCUT2D eigenvalue weighted by atomic mass is 16.2. The van der Waals surface area contributed by atoms with Gasteiger partial charge in [-0.25, -0.2) is 0 Å². The van der Waals surface area contributed by atoms with E-state index >= 15 is 0 Å². The fourth-order valence-corrected chi connectivity index (χ4v) is 1.45. The minimum Gasteiger partial charge on any atom is -0.325 e. The van der Waals surface area contributed by atoms with Crippen molar-refractivity contribution in [2.45, 2.75) is 19.9 Å². The first kappa shape index (κ1) is 12.9. The van der Waals surface area contributed by atoms with Crippen LogP contribution in [0.15, 0.2) is 30.3 Å². The van der Waals surface area contributed by atoms with E-state index in [0.29, 0.717) is 6.54 Å². The molecule has 88 valence electrons. The zero-order valence-electron chi connectivity index (χ0n) is 9.72. The average molecular weight is 230 g/mol. The van der Waals surface area contributed by atoms with Crippen molar-refractivity contribution in [2.24, 2.45) is 0 Å². The van der Waals surface area contributed by atoms with Crippen molar-refractivity contribution < 1.29 is 9.59 Å². The van der Waals surface area contributed by atoms with Crippen LogP contribution in [0.25, 0.3) is 0 Å². The van der Waals surface area contributed by atoms with Crippen molar-refractivity contribution in [2.75, 3.05) is 6.54 Å². The fraction of sp³-hybridized carbons (Fsp3) is 0.308. The van der Waals surface area contributed by atoms with Gasteiger partial charge in [-0.15, -0.1) is 0 Å². The van der Waals surface area contributed by atoms with Crippen LogP contribution in [0.3, 0.4) is 0 Å².